The number of ether oxygens (including phenoxy) is 1. The first-order valence-electron chi connectivity index (χ1n) is 8.07. The summed E-state index contributed by atoms with van der Waals surface area (Å²) in [5.41, 5.74) is 5.87. The Morgan fingerprint density at radius 3 is 2.38 bits per heavy atom. The average Bonchev–Trinajstić information content (AvgIpc) is 2.92. The van der Waals surface area contributed by atoms with Crippen molar-refractivity contribution < 1.29 is 14.6 Å². The van der Waals surface area contributed by atoms with E-state index in [0.717, 1.165) is 44.6 Å². The van der Waals surface area contributed by atoms with E-state index >= 15 is 0 Å². The van der Waals surface area contributed by atoms with Crippen LogP contribution in [0.2, 0.25) is 0 Å². The molecule has 24 heavy (non-hydrogen) atoms. The number of aliphatic carboxylic acids is 1. The Morgan fingerprint density at radius 1 is 1.08 bits per heavy atom. The van der Waals surface area contributed by atoms with E-state index in [4.69, 9.17) is 4.74 Å². The lowest BCUT2D eigenvalue weighted by atomic mass is 9.98. The topological polar surface area (TPSA) is 62.3 Å². The van der Waals surface area contributed by atoms with Crippen LogP contribution in [-0.2, 0) is 11.2 Å². The smallest absolute Gasteiger partial charge is 0.307 e. The van der Waals surface area contributed by atoms with Crippen molar-refractivity contribution in [2.24, 2.45) is 0 Å². The molecule has 0 atom stereocenters. The fraction of sp³-hybridized carbons (Fsp3) is 0.250. The summed E-state index contributed by atoms with van der Waals surface area (Å²) in [5.74, 6) is -0.0199. The molecule has 0 aliphatic carbocycles. The van der Waals surface area contributed by atoms with Crippen molar-refractivity contribution in [3.8, 4) is 17.0 Å². The molecule has 4 nitrogen and oxygen atoms in total. The molecule has 1 aromatic heterocycles. The lowest BCUT2D eigenvalue weighted by molar-refractivity contribution is -0.136. The van der Waals surface area contributed by atoms with Gasteiger partial charge < -0.3 is 14.8 Å². The standard InChI is InChI=1S/C20H21NO3/c1-4-24-15-9-7-14(8-10-15)20-16(11-17(22)23)18-12(2)5-6-13(3)19(18)21-20/h5-10,21H,4,11H2,1-3H3,(H,22,23). The summed E-state index contributed by atoms with van der Waals surface area (Å²) < 4.78 is 5.48. The lowest BCUT2D eigenvalue weighted by Crippen LogP contribution is -2.01. The van der Waals surface area contributed by atoms with E-state index in [1.54, 1.807) is 0 Å². The number of fused-ring (bicyclic) bond motifs is 1. The van der Waals surface area contributed by atoms with Crippen molar-refractivity contribution in [1.82, 2.24) is 4.98 Å². The fourth-order valence-corrected chi connectivity index (χ4v) is 3.15. The minimum atomic E-state index is -0.830. The molecule has 0 amide bonds. The molecule has 3 rings (SSSR count). The number of benzene rings is 2. The Labute approximate surface area is 141 Å². The highest BCUT2D eigenvalue weighted by molar-refractivity contribution is 5.97. The molecular weight excluding hydrogens is 302 g/mol. The molecule has 0 fully saturated rings. The highest BCUT2D eigenvalue weighted by atomic mass is 16.5. The Morgan fingerprint density at radius 2 is 1.75 bits per heavy atom. The summed E-state index contributed by atoms with van der Waals surface area (Å²) in [6, 6.07) is 11.8. The zero-order chi connectivity index (χ0) is 17.3. The second kappa shape index (κ2) is 6.40. The first-order chi connectivity index (χ1) is 11.5. The van der Waals surface area contributed by atoms with Gasteiger partial charge in [0.05, 0.1) is 18.7 Å². The van der Waals surface area contributed by atoms with Gasteiger partial charge in [-0.15, -0.1) is 0 Å². The van der Waals surface area contributed by atoms with Gasteiger partial charge in [0, 0.05) is 10.9 Å². The number of aromatic amines is 1. The second-order valence-electron chi connectivity index (χ2n) is 5.96. The number of hydrogen-bond acceptors (Lipinski definition) is 2. The molecule has 0 radical (unpaired) electrons. The number of hydrogen-bond donors (Lipinski definition) is 2. The van der Waals surface area contributed by atoms with E-state index < -0.39 is 5.97 Å². The van der Waals surface area contributed by atoms with Gasteiger partial charge in [0.1, 0.15) is 5.75 Å². The summed E-state index contributed by atoms with van der Waals surface area (Å²) in [5, 5.41) is 10.4. The van der Waals surface area contributed by atoms with Gasteiger partial charge in [0.15, 0.2) is 0 Å². The quantitative estimate of drug-likeness (QED) is 0.728. The molecule has 0 bridgehead atoms. The normalized spacial score (nSPS) is 11.0. The number of nitrogens with one attached hydrogen (secondary N) is 1. The van der Waals surface area contributed by atoms with Crippen molar-refractivity contribution in [3.05, 3.63) is 53.1 Å². The Kier molecular flexibility index (Phi) is 4.30. The molecule has 2 aromatic carbocycles. The third kappa shape index (κ3) is 2.87. The number of carboxylic acid groups (broad SMARTS) is 1. The average molecular weight is 323 g/mol. The van der Waals surface area contributed by atoms with E-state index in [2.05, 4.69) is 11.1 Å². The predicted octanol–water partition coefficient (Wildman–Crippen LogP) is 4.48. The number of aromatic nitrogens is 1. The molecule has 124 valence electrons. The molecule has 3 aromatic rings. The van der Waals surface area contributed by atoms with Gasteiger partial charge in [0.25, 0.3) is 0 Å². The molecule has 4 heteroatoms. The van der Waals surface area contributed by atoms with Crippen LogP contribution in [-0.4, -0.2) is 22.7 Å². The molecule has 0 saturated carbocycles. The summed E-state index contributed by atoms with van der Waals surface area (Å²) in [7, 11) is 0. The Bertz CT molecular complexity index is 891. The molecule has 0 aliphatic heterocycles. The lowest BCUT2D eigenvalue weighted by Gasteiger charge is -2.06. The minimum absolute atomic E-state index is 0.00711. The molecule has 2 N–H and O–H groups in total. The highest BCUT2D eigenvalue weighted by Crippen LogP contribution is 2.35. The molecule has 0 saturated heterocycles. The fourth-order valence-electron chi connectivity index (χ4n) is 3.15. The van der Waals surface area contributed by atoms with Crippen LogP contribution < -0.4 is 4.74 Å². The van der Waals surface area contributed by atoms with Crippen LogP contribution in [0.4, 0.5) is 0 Å². The zero-order valence-electron chi connectivity index (χ0n) is 14.1. The van der Waals surface area contributed by atoms with E-state index in [9.17, 15) is 9.90 Å². The van der Waals surface area contributed by atoms with Crippen molar-refractivity contribution in [2.75, 3.05) is 6.61 Å². The van der Waals surface area contributed by atoms with Gasteiger partial charge in [-0.2, -0.15) is 0 Å². The van der Waals surface area contributed by atoms with Gasteiger partial charge in [-0.3, -0.25) is 4.79 Å². The van der Waals surface area contributed by atoms with Crippen LogP contribution in [0.25, 0.3) is 22.2 Å². The van der Waals surface area contributed by atoms with E-state index in [-0.39, 0.29) is 6.42 Å². The van der Waals surface area contributed by atoms with Crippen LogP contribution in [0.1, 0.15) is 23.6 Å². The van der Waals surface area contributed by atoms with Crippen LogP contribution >= 0.6 is 0 Å². The first kappa shape index (κ1) is 16.1. The third-order valence-corrected chi connectivity index (χ3v) is 4.26. The largest absolute Gasteiger partial charge is 0.494 e. The van der Waals surface area contributed by atoms with E-state index in [1.165, 1.54) is 0 Å². The van der Waals surface area contributed by atoms with Crippen molar-refractivity contribution >= 4 is 16.9 Å². The molecular formula is C20H21NO3. The second-order valence-corrected chi connectivity index (χ2v) is 5.96. The maximum absolute atomic E-state index is 11.4. The molecule has 0 unspecified atom stereocenters. The number of carbonyl (C=O) groups is 1. The third-order valence-electron chi connectivity index (χ3n) is 4.26. The Balaban J connectivity index is 2.21. The summed E-state index contributed by atoms with van der Waals surface area (Å²) in [4.78, 5) is 14.8. The summed E-state index contributed by atoms with van der Waals surface area (Å²) in [6.07, 6.45) is -0.00711. The summed E-state index contributed by atoms with van der Waals surface area (Å²) >= 11 is 0. The van der Waals surface area contributed by atoms with Crippen LogP contribution in [0.5, 0.6) is 5.75 Å². The van der Waals surface area contributed by atoms with E-state index in [0.29, 0.717) is 6.61 Å². The van der Waals surface area contributed by atoms with Gasteiger partial charge >= 0.3 is 5.97 Å². The first-order valence-corrected chi connectivity index (χ1v) is 8.07. The zero-order valence-corrected chi connectivity index (χ0v) is 14.1. The highest BCUT2D eigenvalue weighted by Gasteiger charge is 2.18. The van der Waals surface area contributed by atoms with Crippen LogP contribution in [0.15, 0.2) is 36.4 Å². The molecule has 1 heterocycles. The van der Waals surface area contributed by atoms with Crippen LogP contribution in [0, 0.1) is 13.8 Å². The predicted molar refractivity (Wildman–Crippen MR) is 95.7 cm³/mol. The van der Waals surface area contributed by atoms with E-state index in [1.807, 2.05) is 51.1 Å². The van der Waals surface area contributed by atoms with Gasteiger partial charge in [-0.25, -0.2) is 0 Å². The SMILES string of the molecule is CCOc1ccc(-c2[nH]c3c(C)ccc(C)c3c2CC(=O)O)cc1. The summed E-state index contributed by atoms with van der Waals surface area (Å²) in [6.45, 7) is 6.62. The Hall–Kier alpha value is -2.75. The number of aryl methyl sites for hydroxylation is 2. The maximum atomic E-state index is 11.4. The number of carboxylic acids is 1. The maximum Gasteiger partial charge on any atom is 0.307 e. The number of H-pyrrole nitrogens is 1. The molecule has 0 spiro atoms. The van der Waals surface area contributed by atoms with Gasteiger partial charge in [-0.05, 0) is 67.3 Å². The van der Waals surface area contributed by atoms with Crippen molar-refractivity contribution in [2.45, 2.75) is 27.2 Å². The molecule has 0 aliphatic rings. The van der Waals surface area contributed by atoms with Gasteiger partial charge in [0.2, 0.25) is 0 Å². The van der Waals surface area contributed by atoms with Crippen LogP contribution in [0.3, 0.4) is 0 Å². The number of rotatable bonds is 5. The minimum Gasteiger partial charge on any atom is -0.494 e. The van der Waals surface area contributed by atoms with Crippen molar-refractivity contribution in [1.29, 1.82) is 0 Å². The van der Waals surface area contributed by atoms with Crippen molar-refractivity contribution in [3.63, 3.8) is 0 Å². The monoisotopic (exact) mass is 323 g/mol. The van der Waals surface area contributed by atoms with Gasteiger partial charge in [-0.1, -0.05) is 12.1 Å².